The number of esters is 1. The van der Waals surface area contributed by atoms with Gasteiger partial charge in [0.25, 0.3) is 0 Å². The van der Waals surface area contributed by atoms with E-state index in [-0.39, 0.29) is 30.9 Å². The molecule has 0 aliphatic carbocycles. The fraction of sp³-hybridized carbons (Fsp3) is 0.474. The number of rotatable bonds is 8. The van der Waals surface area contributed by atoms with Crippen LogP contribution >= 0.6 is 0 Å². The standard InChI is InChI=1S/C19H25N3O4/c1-13(2)11-16-5-7-17(8-6-16)14(3)19(23)26-10-9-21-15(4)20-12-18(21)22(24)25/h5-8,12-14H,9-11H2,1-4H3. The summed E-state index contributed by atoms with van der Waals surface area (Å²) in [6.45, 7) is 8.07. The monoisotopic (exact) mass is 359 g/mol. The highest BCUT2D eigenvalue weighted by Gasteiger charge is 2.20. The first-order chi connectivity index (χ1) is 12.3. The van der Waals surface area contributed by atoms with Crippen LogP contribution in [0.5, 0.6) is 0 Å². The Bertz CT molecular complexity index is 766. The number of nitrogens with zero attached hydrogens (tertiary/aromatic N) is 3. The van der Waals surface area contributed by atoms with Crippen LogP contribution in [-0.2, 0) is 22.5 Å². The van der Waals surface area contributed by atoms with Crippen molar-refractivity contribution in [3.8, 4) is 0 Å². The lowest BCUT2D eigenvalue weighted by molar-refractivity contribution is -0.392. The summed E-state index contributed by atoms with van der Waals surface area (Å²) < 4.78 is 6.74. The van der Waals surface area contributed by atoms with Crippen molar-refractivity contribution in [2.45, 2.75) is 46.6 Å². The molecule has 0 saturated carbocycles. The molecule has 0 aliphatic rings. The first kappa shape index (κ1) is 19.6. The molecule has 2 aromatic rings. The lowest BCUT2D eigenvalue weighted by Crippen LogP contribution is -2.17. The smallest absolute Gasteiger partial charge is 0.342 e. The second-order valence-electron chi connectivity index (χ2n) is 6.80. The molecule has 0 N–H and O–H groups in total. The van der Waals surface area contributed by atoms with Gasteiger partial charge >= 0.3 is 11.8 Å². The fourth-order valence-corrected chi connectivity index (χ4v) is 2.79. The van der Waals surface area contributed by atoms with Crippen LogP contribution in [0, 0.1) is 23.0 Å². The van der Waals surface area contributed by atoms with Gasteiger partial charge in [-0.3, -0.25) is 4.79 Å². The molecular weight excluding hydrogens is 334 g/mol. The van der Waals surface area contributed by atoms with E-state index >= 15 is 0 Å². The SMILES string of the molecule is Cc1ncc([N+](=O)[O-])n1CCOC(=O)C(C)c1ccc(CC(C)C)cc1. The van der Waals surface area contributed by atoms with E-state index in [4.69, 9.17) is 4.74 Å². The third-order valence-electron chi connectivity index (χ3n) is 4.26. The molecule has 7 heteroatoms. The predicted molar refractivity (Wildman–Crippen MR) is 98.0 cm³/mol. The van der Waals surface area contributed by atoms with E-state index in [0.717, 1.165) is 12.0 Å². The molecule has 0 bridgehead atoms. The molecule has 0 spiro atoms. The molecule has 140 valence electrons. The van der Waals surface area contributed by atoms with Crippen LogP contribution in [0.25, 0.3) is 0 Å². The minimum absolute atomic E-state index is 0.0621. The van der Waals surface area contributed by atoms with Crippen molar-refractivity contribution in [3.63, 3.8) is 0 Å². The van der Waals surface area contributed by atoms with E-state index in [9.17, 15) is 14.9 Å². The summed E-state index contributed by atoms with van der Waals surface area (Å²) in [7, 11) is 0. The van der Waals surface area contributed by atoms with Gasteiger partial charge in [-0.1, -0.05) is 38.1 Å². The molecule has 1 aromatic heterocycles. The maximum absolute atomic E-state index is 12.3. The lowest BCUT2D eigenvalue weighted by Gasteiger charge is -2.13. The molecule has 0 amide bonds. The van der Waals surface area contributed by atoms with Crippen LogP contribution in [0.4, 0.5) is 5.82 Å². The molecule has 1 heterocycles. The van der Waals surface area contributed by atoms with E-state index in [0.29, 0.717) is 11.7 Å². The van der Waals surface area contributed by atoms with E-state index in [1.165, 1.54) is 16.3 Å². The Balaban J connectivity index is 1.91. The summed E-state index contributed by atoms with van der Waals surface area (Å²) in [4.78, 5) is 26.6. The Morgan fingerprint density at radius 1 is 1.27 bits per heavy atom. The van der Waals surface area contributed by atoms with Crippen LogP contribution in [0.1, 0.15) is 43.6 Å². The zero-order chi connectivity index (χ0) is 19.3. The van der Waals surface area contributed by atoms with E-state index in [1.54, 1.807) is 13.8 Å². The van der Waals surface area contributed by atoms with Crippen LogP contribution < -0.4 is 0 Å². The molecule has 2 rings (SSSR count). The molecule has 0 saturated heterocycles. The van der Waals surface area contributed by atoms with Crippen molar-refractivity contribution in [2.24, 2.45) is 5.92 Å². The number of hydrogen-bond acceptors (Lipinski definition) is 5. The number of benzene rings is 1. The van der Waals surface area contributed by atoms with E-state index < -0.39 is 4.92 Å². The first-order valence-corrected chi connectivity index (χ1v) is 8.71. The minimum Gasteiger partial charge on any atom is -0.461 e. The highest BCUT2D eigenvalue weighted by Crippen LogP contribution is 2.19. The summed E-state index contributed by atoms with van der Waals surface area (Å²) in [6.07, 6.45) is 2.21. The van der Waals surface area contributed by atoms with Crippen LogP contribution in [-0.4, -0.2) is 27.1 Å². The van der Waals surface area contributed by atoms with E-state index in [1.807, 2.05) is 24.3 Å². The Morgan fingerprint density at radius 3 is 2.50 bits per heavy atom. The Morgan fingerprint density at radius 2 is 1.92 bits per heavy atom. The Kier molecular flexibility index (Phi) is 6.49. The molecule has 0 aliphatic heterocycles. The van der Waals surface area contributed by atoms with Gasteiger partial charge in [0, 0.05) is 6.92 Å². The summed E-state index contributed by atoms with van der Waals surface area (Å²) in [6, 6.07) is 7.98. The maximum atomic E-state index is 12.3. The van der Waals surface area contributed by atoms with Crippen LogP contribution in [0.2, 0.25) is 0 Å². The van der Waals surface area contributed by atoms with Crippen molar-refractivity contribution in [3.05, 3.63) is 57.5 Å². The van der Waals surface area contributed by atoms with Crippen molar-refractivity contribution in [1.82, 2.24) is 9.55 Å². The highest BCUT2D eigenvalue weighted by atomic mass is 16.6. The topological polar surface area (TPSA) is 87.3 Å². The van der Waals surface area contributed by atoms with Crippen molar-refractivity contribution in [2.75, 3.05) is 6.61 Å². The maximum Gasteiger partial charge on any atom is 0.342 e. The molecule has 1 unspecified atom stereocenters. The molecule has 1 atom stereocenters. The predicted octanol–water partition coefficient (Wildman–Crippen LogP) is 3.65. The van der Waals surface area contributed by atoms with Gasteiger partial charge in [0.1, 0.15) is 19.3 Å². The Hall–Kier alpha value is -2.70. The van der Waals surface area contributed by atoms with Gasteiger partial charge in [0.15, 0.2) is 5.82 Å². The zero-order valence-corrected chi connectivity index (χ0v) is 15.6. The summed E-state index contributed by atoms with van der Waals surface area (Å²) in [5.74, 6) is 0.261. The third kappa shape index (κ3) is 4.91. The highest BCUT2D eigenvalue weighted by molar-refractivity contribution is 5.77. The van der Waals surface area contributed by atoms with Gasteiger partial charge in [-0.15, -0.1) is 0 Å². The average molecular weight is 359 g/mol. The normalized spacial score (nSPS) is 12.2. The number of hydrogen-bond donors (Lipinski definition) is 0. The Labute approximate surface area is 153 Å². The second-order valence-corrected chi connectivity index (χ2v) is 6.80. The zero-order valence-electron chi connectivity index (χ0n) is 15.6. The number of imidazole rings is 1. The minimum atomic E-state index is -0.497. The van der Waals surface area contributed by atoms with E-state index in [2.05, 4.69) is 18.8 Å². The van der Waals surface area contributed by atoms with Gasteiger partial charge in [0.05, 0.1) is 5.92 Å². The number of carbonyl (C=O) groups is 1. The number of nitro groups is 1. The molecule has 26 heavy (non-hydrogen) atoms. The summed E-state index contributed by atoms with van der Waals surface area (Å²) in [5, 5.41) is 11.0. The molecule has 1 aromatic carbocycles. The van der Waals surface area contributed by atoms with Gasteiger partial charge in [-0.05, 0) is 35.3 Å². The molecule has 0 radical (unpaired) electrons. The molecule has 0 fully saturated rings. The van der Waals surface area contributed by atoms with Gasteiger partial charge in [-0.2, -0.15) is 0 Å². The number of carbonyl (C=O) groups excluding carboxylic acids is 1. The van der Waals surface area contributed by atoms with Crippen LogP contribution in [0.3, 0.4) is 0 Å². The lowest BCUT2D eigenvalue weighted by atomic mass is 9.97. The summed E-state index contributed by atoms with van der Waals surface area (Å²) >= 11 is 0. The quantitative estimate of drug-likeness (QED) is 0.408. The number of aromatic nitrogens is 2. The van der Waals surface area contributed by atoms with Gasteiger partial charge in [0.2, 0.25) is 0 Å². The van der Waals surface area contributed by atoms with Gasteiger partial charge in [-0.25, -0.2) is 9.55 Å². The van der Waals surface area contributed by atoms with Gasteiger partial charge < -0.3 is 14.9 Å². The number of ether oxygens (including phenoxy) is 1. The largest absolute Gasteiger partial charge is 0.461 e. The van der Waals surface area contributed by atoms with Crippen molar-refractivity contribution < 1.29 is 14.5 Å². The summed E-state index contributed by atoms with van der Waals surface area (Å²) in [5.41, 5.74) is 2.14. The van der Waals surface area contributed by atoms with Crippen molar-refractivity contribution in [1.29, 1.82) is 0 Å². The fourth-order valence-electron chi connectivity index (χ4n) is 2.79. The molecular formula is C19H25N3O4. The third-order valence-corrected chi connectivity index (χ3v) is 4.26. The van der Waals surface area contributed by atoms with Crippen LogP contribution in [0.15, 0.2) is 30.5 Å². The average Bonchev–Trinajstić information content (AvgIpc) is 2.95. The number of aryl methyl sites for hydroxylation is 1. The second kappa shape index (κ2) is 8.60. The van der Waals surface area contributed by atoms with Crippen molar-refractivity contribution >= 4 is 11.8 Å². The molecule has 7 nitrogen and oxygen atoms in total. The first-order valence-electron chi connectivity index (χ1n) is 8.71.